The zero-order chi connectivity index (χ0) is 11.7. The van der Waals surface area contributed by atoms with Crippen molar-refractivity contribution in [3.8, 4) is 0 Å². The Morgan fingerprint density at radius 2 is 2.12 bits per heavy atom. The van der Waals surface area contributed by atoms with Crippen molar-refractivity contribution < 1.29 is 14.3 Å². The number of hydrogen-bond donors (Lipinski definition) is 1. The van der Waals surface area contributed by atoms with Crippen LogP contribution in [0, 0.1) is 11.7 Å². The predicted molar refractivity (Wildman–Crippen MR) is 57.5 cm³/mol. The monoisotopic (exact) mass is 223 g/mol. The molecule has 0 saturated carbocycles. The van der Waals surface area contributed by atoms with Crippen molar-refractivity contribution in [1.82, 2.24) is 4.90 Å². The number of likely N-dealkylation sites (tertiary alicyclic amines) is 1. The van der Waals surface area contributed by atoms with E-state index in [4.69, 9.17) is 5.11 Å². The molecule has 1 aromatic carbocycles. The van der Waals surface area contributed by atoms with Crippen molar-refractivity contribution in [3.05, 3.63) is 35.6 Å². The van der Waals surface area contributed by atoms with Crippen LogP contribution in [-0.2, 0) is 4.79 Å². The first-order chi connectivity index (χ1) is 7.59. The fourth-order valence-electron chi connectivity index (χ4n) is 2.00. The molecule has 3 nitrogen and oxygen atoms in total. The Morgan fingerprint density at radius 1 is 1.50 bits per heavy atom. The Bertz CT molecular complexity index is 402. The molecule has 1 heterocycles. The lowest BCUT2D eigenvalue weighted by Gasteiger charge is -2.41. The van der Waals surface area contributed by atoms with Crippen LogP contribution in [0.25, 0.3) is 0 Å². The number of carboxylic acid groups (broad SMARTS) is 1. The molecule has 0 spiro atoms. The molecule has 0 aromatic heterocycles. The van der Waals surface area contributed by atoms with Gasteiger partial charge in [-0.2, -0.15) is 0 Å². The number of benzene rings is 1. The first-order valence-corrected chi connectivity index (χ1v) is 5.31. The van der Waals surface area contributed by atoms with Crippen LogP contribution in [0.2, 0.25) is 0 Å². The second-order valence-electron chi connectivity index (χ2n) is 4.19. The molecule has 1 saturated heterocycles. The van der Waals surface area contributed by atoms with Gasteiger partial charge >= 0.3 is 5.97 Å². The molecule has 1 N–H and O–H groups in total. The molecule has 16 heavy (non-hydrogen) atoms. The topological polar surface area (TPSA) is 40.5 Å². The van der Waals surface area contributed by atoms with Gasteiger partial charge in [0.25, 0.3) is 0 Å². The smallest absolute Gasteiger partial charge is 0.309 e. The first kappa shape index (κ1) is 11.1. The normalized spacial score (nSPS) is 19.1. The molecule has 0 amide bonds. The number of aliphatic carboxylic acids is 1. The van der Waals surface area contributed by atoms with E-state index >= 15 is 0 Å². The Morgan fingerprint density at radius 3 is 2.69 bits per heavy atom. The van der Waals surface area contributed by atoms with Crippen LogP contribution in [0.5, 0.6) is 0 Å². The van der Waals surface area contributed by atoms with E-state index in [0.29, 0.717) is 18.7 Å². The van der Waals surface area contributed by atoms with Crippen LogP contribution in [0.4, 0.5) is 4.39 Å². The number of carbonyl (C=O) groups is 1. The Kier molecular flexibility index (Phi) is 2.92. The fourth-order valence-corrected chi connectivity index (χ4v) is 2.00. The fraction of sp³-hybridized carbons (Fsp3) is 0.417. The van der Waals surface area contributed by atoms with E-state index in [1.54, 1.807) is 18.2 Å². The van der Waals surface area contributed by atoms with Gasteiger partial charge in [-0.1, -0.05) is 18.2 Å². The average Bonchev–Trinajstić information content (AvgIpc) is 2.15. The van der Waals surface area contributed by atoms with E-state index < -0.39 is 5.97 Å². The largest absolute Gasteiger partial charge is 0.481 e. The molecule has 1 atom stereocenters. The second-order valence-corrected chi connectivity index (χ2v) is 4.19. The zero-order valence-electron chi connectivity index (χ0n) is 9.06. The highest BCUT2D eigenvalue weighted by Crippen LogP contribution is 2.29. The van der Waals surface area contributed by atoms with Crippen molar-refractivity contribution in [3.63, 3.8) is 0 Å². The van der Waals surface area contributed by atoms with Gasteiger partial charge in [0, 0.05) is 24.7 Å². The van der Waals surface area contributed by atoms with E-state index in [1.165, 1.54) is 6.07 Å². The summed E-state index contributed by atoms with van der Waals surface area (Å²) in [4.78, 5) is 12.6. The molecule has 0 radical (unpaired) electrons. The molecule has 1 unspecified atom stereocenters. The SMILES string of the molecule is CC(c1ccccc1F)N1CC(C(=O)O)C1. The highest BCUT2D eigenvalue weighted by Gasteiger charge is 2.36. The summed E-state index contributed by atoms with van der Waals surface area (Å²) in [6.07, 6.45) is 0. The quantitative estimate of drug-likeness (QED) is 0.850. The Hall–Kier alpha value is -1.42. The van der Waals surface area contributed by atoms with Crippen molar-refractivity contribution in [2.45, 2.75) is 13.0 Å². The zero-order valence-corrected chi connectivity index (χ0v) is 9.06. The van der Waals surface area contributed by atoms with Crippen molar-refractivity contribution in [1.29, 1.82) is 0 Å². The predicted octanol–water partition coefficient (Wildman–Crippen LogP) is 1.90. The minimum atomic E-state index is -0.767. The minimum Gasteiger partial charge on any atom is -0.481 e. The second kappa shape index (κ2) is 4.22. The van der Waals surface area contributed by atoms with Gasteiger partial charge in [0.1, 0.15) is 5.82 Å². The van der Waals surface area contributed by atoms with Gasteiger partial charge in [-0.3, -0.25) is 9.69 Å². The molecule has 1 aromatic rings. The van der Waals surface area contributed by atoms with E-state index in [2.05, 4.69) is 0 Å². The molecular weight excluding hydrogens is 209 g/mol. The van der Waals surface area contributed by atoms with E-state index in [1.807, 2.05) is 11.8 Å². The lowest BCUT2D eigenvalue weighted by molar-refractivity contribution is -0.148. The van der Waals surface area contributed by atoms with E-state index in [-0.39, 0.29) is 17.8 Å². The van der Waals surface area contributed by atoms with Crippen LogP contribution >= 0.6 is 0 Å². The molecular formula is C12H14FNO2. The third-order valence-corrected chi connectivity index (χ3v) is 3.16. The summed E-state index contributed by atoms with van der Waals surface area (Å²) in [6, 6.07) is 6.57. The molecule has 1 aliphatic heterocycles. The lowest BCUT2D eigenvalue weighted by Crippen LogP contribution is -2.51. The number of carboxylic acids is 1. The summed E-state index contributed by atoms with van der Waals surface area (Å²) < 4.78 is 13.5. The van der Waals surface area contributed by atoms with Crippen LogP contribution in [-0.4, -0.2) is 29.1 Å². The van der Waals surface area contributed by atoms with Crippen LogP contribution < -0.4 is 0 Å². The van der Waals surface area contributed by atoms with Gasteiger partial charge < -0.3 is 5.11 Å². The van der Waals surface area contributed by atoms with Crippen molar-refractivity contribution >= 4 is 5.97 Å². The number of halogens is 1. The molecule has 2 rings (SSSR count). The van der Waals surface area contributed by atoms with Crippen LogP contribution in [0.3, 0.4) is 0 Å². The summed E-state index contributed by atoms with van der Waals surface area (Å²) in [5.74, 6) is -1.29. The van der Waals surface area contributed by atoms with Gasteiger partial charge in [0.15, 0.2) is 0 Å². The third kappa shape index (κ3) is 1.93. The lowest BCUT2D eigenvalue weighted by atomic mass is 9.95. The van der Waals surface area contributed by atoms with E-state index in [0.717, 1.165) is 0 Å². The van der Waals surface area contributed by atoms with Crippen LogP contribution in [0.1, 0.15) is 18.5 Å². The maximum atomic E-state index is 13.5. The van der Waals surface area contributed by atoms with Gasteiger partial charge in [-0.25, -0.2) is 4.39 Å². The molecule has 0 aliphatic carbocycles. The summed E-state index contributed by atoms with van der Waals surface area (Å²) in [7, 11) is 0. The molecule has 4 heteroatoms. The summed E-state index contributed by atoms with van der Waals surface area (Å²) in [5, 5.41) is 8.76. The van der Waals surface area contributed by atoms with Crippen LogP contribution in [0.15, 0.2) is 24.3 Å². The third-order valence-electron chi connectivity index (χ3n) is 3.16. The Balaban J connectivity index is 2.03. The molecule has 0 bridgehead atoms. The van der Waals surface area contributed by atoms with Gasteiger partial charge in [0.05, 0.1) is 5.92 Å². The summed E-state index contributed by atoms with van der Waals surface area (Å²) >= 11 is 0. The number of rotatable bonds is 3. The van der Waals surface area contributed by atoms with Gasteiger partial charge in [0.2, 0.25) is 0 Å². The van der Waals surface area contributed by atoms with Crippen molar-refractivity contribution in [2.75, 3.05) is 13.1 Å². The average molecular weight is 223 g/mol. The summed E-state index contributed by atoms with van der Waals surface area (Å²) in [5.41, 5.74) is 0.631. The van der Waals surface area contributed by atoms with Gasteiger partial charge in [-0.05, 0) is 13.0 Å². The maximum absolute atomic E-state index is 13.5. The molecule has 86 valence electrons. The highest BCUT2D eigenvalue weighted by atomic mass is 19.1. The maximum Gasteiger partial charge on any atom is 0.309 e. The number of hydrogen-bond acceptors (Lipinski definition) is 2. The minimum absolute atomic E-state index is 0.0585. The first-order valence-electron chi connectivity index (χ1n) is 5.31. The van der Waals surface area contributed by atoms with E-state index in [9.17, 15) is 9.18 Å². The summed E-state index contributed by atoms with van der Waals surface area (Å²) in [6.45, 7) is 2.91. The Labute approximate surface area is 93.5 Å². The van der Waals surface area contributed by atoms with Crippen molar-refractivity contribution in [2.24, 2.45) is 5.92 Å². The molecule has 1 aliphatic rings. The highest BCUT2D eigenvalue weighted by molar-refractivity contribution is 5.71. The van der Waals surface area contributed by atoms with Gasteiger partial charge in [-0.15, -0.1) is 0 Å². The standard InChI is InChI=1S/C12H14FNO2/c1-8(10-4-2-3-5-11(10)13)14-6-9(7-14)12(15)16/h2-5,8-9H,6-7H2,1H3,(H,15,16). The number of nitrogens with zero attached hydrogens (tertiary/aromatic N) is 1. The molecule has 1 fully saturated rings.